The minimum absolute atomic E-state index is 0.0279. The van der Waals surface area contributed by atoms with Crippen molar-refractivity contribution < 1.29 is 9.59 Å². The zero-order chi connectivity index (χ0) is 11.5. The molecular weight excluding hydrogens is 206 g/mol. The lowest BCUT2D eigenvalue weighted by atomic mass is 10.3. The summed E-state index contributed by atoms with van der Waals surface area (Å²) in [6, 6.07) is 0. The molecule has 86 valence electrons. The molecule has 16 heavy (non-hydrogen) atoms. The minimum atomic E-state index is -0.0279. The number of Topliss-reactive ketones (excluding diaryl/α,β-unsaturated/α-hetero) is 1. The third-order valence-electron chi connectivity index (χ3n) is 2.80. The maximum Gasteiger partial charge on any atom is 0.244 e. The first kappa shape index (κ1) is 10.9. The fourth-order valence-corrected chi connectivity index (χ4v) is 1.84. The van der Waals surface area contributed by atoms with Crippen molar-refractivity contribution in [3.05, 3.63) is 18.0 Å². The van der Waals surface area contributed by atoms with Gasteiger partial charge in [-0.1, -0.05) is 0 Å². The molecule has 5 heteroatoms. The maximum atomic E-state index is 11.8. The molecule has 0 aromatic carbocycles. The van der Waals surface area contributed by atoms with Gasteiger partial charge in [0.25, 0.3) is 0 Å². The lowest BCUT2D eigenvalue weighted by Crippen LogP contribution is -2.31. The van der Waals surface area contributed by atoms with Gasteiger partial charge in [0.1, 0.15) is 6.54 Å². The molecule has 1 saturated heterocycles. The Morgan fingerprint density at radius 3 is 2.62 bits per heavy atom. The maximum absolute atomic E-state index is 11.8. The Morgan fingerprint density at radius 1 is 1.38 bits per heavy atom. The van der Waals surface area contributed by atoms with Gasteiger partial charge in [-0.15, -0.1) is 0 Å². The van der Waals surface area contributed by atoms with E-state index in [4.69, 9.17) is 0 Å². The van der Waals surface area contributed by atoms with Crippen LogP contribution in [-0.4, -0.2) is 39.5 Å². The van der Waals surface area contributed by atoms with E-state index in [1.807, 2.05) is 4.90 Å². The van der Waals surface area contributed by atoms with Gasteiger partial charge < -0.3 is 4.90 Å². The highest BCUT2D eigenvalue weighted by Crippen LogP contribution is 2.08. The lowest BCUT2D eigenvalue weighted by molar-refractivity contribution is -0.130. The van der Waals surface area contributed by atoms with Crippen molar-refractivity contribution in [2.45, 2.75) is 26.3 Å². The summed E-state index contributed by atoms with van der Waals surface area (Å²) in [7, 11) is 0. The third kappa shape index (κ3) is 2.29. The molecule has 0 N–H and O–H groups in total. The monoisotopic (exact) mass is 221 g/mol. The van der Waals surface area contributed by atoms with Crippen molar-refractivity contribution in [2.75, 3.05) is 13.1 Å². The number of nitrogens with zero attached hydrogens (tertiary/aromatic N) is 3. The quantitative estimate of drug-likeness (QED) is 0.706. The normalized spacial score (nSPS) is 15.4. The van der Waals surface area contributed by atoms with Crippen LogP contribution in [0.5, 0.6) is 0 Å². The predicted octanol–water partition coefficient (Wildman–Crippen LogP) is 0.708. The molecule has 0 spiro atoms. The Bertz CT molecular complexity index is 405. The third-order valence-corrected chi connectivity index (χ3v) is 2.80. The average Bonchev–Trinajstić information content (AvgIpc) is 2.87. The number of carbonyl (C=O) groups excluding carboxylic acids is 2. The average molecular weight is 221 g/mol. The zero-order valence-electron chi connectivity index (χ0n) is 9.35. The molecule has 1 aromatic rings. The van der Waals surface area contributed by atoms with Gasteiger partial charge in [-0.25, -0.2) is 0 Å². The second-order valence-corrected chi connectivity index (χ2v) is 4.07. The van der Waals surface area contributed by atoms with Crippen LogP contribution in [0.15, 0.2) is 12.4 Å². The summed E-state index contributed by atoms with van der Waals surface area (Å²) in [6.07, 6.45) is 5.29. The van der Waals surface area contributed by atoms with E-state index >= 15 is 0 Å². The molecule has 5 nitrogen and oxygen atoms in total. The summed E-state index contributed by atoms with van der Waals surface area (Å²) in [5, 5.41) is 4.00. The number of hydrogen-bond donors (Lipinski definition) is 0. The first-order valence-electron chi connectivity index (χ1n) is 5.48. The molecule has 1 amide bonds. The number of carbonyl (C=O) groups is 2. The minimum Gasteiger partial charge on any atom is -0.341 e. The van der Waals surface area contributed by atoms with Crippen LogP contribution in [0, 0.1) is 0 Å². The standard InChI is InChI=1S/C11H15N3O2/c1-9(15)10-6-12-14(7-10)8-11(16)13-4-2-3-5-13/h6-7H,2-5,8H2,1H3. The van der Waals surface area contributed by atoms with E-state index < -0.39 is 0 Å². The molecule has 2 rings (SSSR count). The van der Waals surface area contributed by atoms with Crippen molar-refractivity contribution >= 4 is 11.7 Å². The number of aromatic nitrogens is 2. The van der Waals surface area contributed by atoms with Crippen LogP contribution in [0.4, 0.5) is 0 Å². The van der Waals surface area contributed by atoms with Crippen molar-refractivity contribution in [2.24, 2.45) is 0 Å². The molecule has 1 fully saturated rings. The highest BCUT2D eigenvalue weighted by molar-refractivity contribution is 5.93. The van der Waals surface area contributed by atoms with Gasteiger partial charge in [0.15, 0.2) is 5.78 Å². The summed E-state index contributed by atoms with van der Waals surface area (Å²) in [4.78, 5) is 24.7. The number of ketones is 1. The molecule has 2 heterocycles. The highest BCUT2D eigenvalue weighted by Gasteiger charge is 2.18. The molecule has 1 aromatic heterocycles. The molecular formula is C11H15N3O2. The van der Waals surface area contributed by atoms with Crippen molar-refractivity contribution in [1.29, 1.82) is 0 Å². The van der Waals surface area contributed by atoms with Gasteiger partial charge in [-0.2, -0.15) is 5.10 Å². The largest absolute Gasteiger partial charge is 0.341 e. The highest BCUT2D eigenvalue weighted by atomic mass is 16.2. The molecule has 0 atom stereocenters. The van der Waals surface area contributed by atoms with Gasteiger partial charge in [-0.05, 0) is 19.8 Å². The van der Waals surface area contributed by atoms with E-state index in [-0.39, 0.29) is 18.2 Å². The molecule has 0 saturated carbocycles. The van der Waals surface area contributed by atoms with Gasteiger partial charge in [0.05, 0.1) is 11.8 Å². The Balaban J connectivity index is 1.97. The Hall–Kier alpha value is -1.65. The van der Waals surface area contributed by atoms with E-state index in [0.29, 0.717) is 5.56 Å². The molecule has 0 aliphatic carbocycles. The van der Waals surface area contributed by atoms with Crippen LogP contribution in [0.1, 0.15) is 30.1 Å². The van der Waals surface area contributed by atoms with Crippen LogP contribution in [0.2, 0.25) is 0 Å². The second kappa shape index (κ2) is 4.47. The van der Waals surface area contributed by atoms with Gasteiger partial charge in [0.2, 0.25) is 5.91 Å². The summed E-state index contributed by atoms with van der Waals surface area (Å²) < 4.78 is 1.53. The van der Waals surface area contributed by atoms with Crippen LogP contribution < -0.4 is 0 Å². The summed E-state index contributed by atoms with van der Waals surface area (Å²) in [5.41, 5.74) is 0.550. The number of rotatable bonds is 3. The van der Waals surface area contributed by atoms with Crippen LogP contribution >= 0.6 is 0 Å². The van der Waals surface area contributed by atoms with Crippen LogP contribution in [0.3, 0.4) is 0 Å². The van der Waals surface area contributed by atoms with E-state index in [2.05, 4.69) is 5.10 Å². The SMILES string of the molecule is CC(=O)c1cnn(CC(=O)N2CCCC2)c1. The predicted molar refractivity (Wildman–Crippen MR) is 58.0 cm³/mol. The molecule has 0 radical (unpaired) electrons. The van der Waals surface area contributed by atoms with Crippen LogP contribution in [-0.2, 0) is 11.3 Å². The summed E-state index contributed by atoms with van der Waals surface area (Å²) in [6.45, 7) is 3.41. The smallest absolute Gasteiger partial charge is 0.244 e. The number of likely N-dealkylation sites (tertiary alicyclic amines) is 1. The summed E-state index contributed by atoms with van der Waals surface area (Å²) >= 11 is 0. The van der Waals surface area contributed by atoms with Gasteiger partial charge in [0, 0.05) is 19.3 Å². The van der Waals surface area contributed by atoms with E-state index in [0.717, 1.165) is 25.9 Å². The van der Waals surface area contributed by atoms with Crippen molar-refractivity contribution in [1.82, 2.24) is 14.7 Å². The Kier molecular flexibility index (Phi) is 3.03. The topological polar surface area (TPSA) is 55.2 Å². The van der Waals surface area contributed by atoms with E-state index in [1.165, 1.54) is 17.8 Å². The fourth-order valence-electron chi connectivity index (χ4n) is 1.84. The Morgan fingerprint density at radius 2 is 2.06 bits per heavy atom. The fraction of sp³-hybridized carbons (Fsp3) is 0.545. The summed E-state index contributed by atoms with van der Waals surface area (Å²) in [5.74, 6) is 0.0515. The van der Waals surface area contributed by atoms with Gasteiger partial charge in [-0.3, -0.25) is 14.3 Å². The van der Waals surface area contributed by atoms with Gasteiger partial charge >= 0.3 is 0 Å². The molecule has 1 aliphatic heterocycles. The Labute approximate surface area is 94.0 Å². The van der Waals surface area contributed by atoms with Crippen molar-refractivity contribution in [3.63, 3.8) is 0 Å². The van der Waals surface area contributed by atoms with Crippen molar-refractivity contribution in [3.8, 4) is 0 Å². The number of hydrogen-bond acceptors (Lipinski definition) is 3. The molecule has 0 unspecified atom stereocenters. The zero-order valence-corrected chi connectivity index (χ0v) is 9.35. The molecule has 1 aliphatic rings. The van der Waals surface area contributed by atoms with Crippen LogP contribution in [0.25, 0.3) is 0 Å². The molecule has 0 bridgehead atoms. The first-order valence-corrected chi connectivity index (χ1v) is 5.48. The first-order chi connectivity index (χ1) is 7.66. The van der Waals surface area contributed by atoms with E-state index in [1.54, 1.807) is 6.20 Å². The second-order valence-electron chi connectivity index (χ2n) is 4.07. The lowest BCUT2D eigenvalue weighted by Gasteiger charge is -2.14. The number of amides is 1. The van der Waals surface area contributed by atoms with E-state index in [9.17, 15) is 9.59 Å².